The molecular formula is C20H17N5O. The van der Waals surface area contributed by atoms with Crippen LogP contribution in [-0.4, -0.2) is 25.4 Å². The number of rotatable bonds is 5. The van der Waals surface area contributed by atoms with Crippen molar-refractivity contribution in [2.75, 3.05) is 0 Å². The van der Waals surface area contributed by atoms with Gasteiger partial charge in [-0.15, -0.1) is 0 Å². The third-order valence-electron chi connectivity index (χ3n) is 4.07. The molecule has 6 nitrogen and oxygen atoms in total. The zero-order valence-corrected chi connectivity index (χ0v) is 14.0. The van der Waals surface area contributed by atoms with E-state index in [0.29, 0.717) is 12.2 Å². The lowest BCUT2D eigenvalue weighted by Crippen LogP contribution is -2.24. The number of pyridine rings is 1. The number of hydrogen-bond acceptors (Lipinski definition) is 3. The van der Waals surface area contributed by atoms with E-state index in [1.54, 1.807) is 24.8 Å². The lowest BCUT2D eigenvalue weighted by Gasteiger charge is -2.09. The van der Waals surface area contributed by atoms with E-state index < -0.39 is 0 Å². The summed E-state index contributed by atoms with van der Waals surface area (Å²) < 4.78 is 1.82. The summed E-state index contributed by atoms with van der Waals surface area (Å²) in [4.78, 5) is 24.1. The Labute approximate surface area is 150 Å². The summed E-state index contributed by atoms with van der Waals surface area (Å²) in [6.45, 7) is 0.375. The Morgan fingerprint density at radius 3 is 2.73 bits per heavy atom. The van der Waals surface area contributed by atoms with Gasteiger partial charge in [-0.1, -0.05) is 36.4 Å². The molecule has 2 N–H and O–H groups in total. The first-order valence-electron chi connectivity index (χ1n) is 8.26. The normalized spacial score (nSPS) is 10.6. The Hall–Kier alpha value is -3.67. The SMILES string of the molecule is O=C(NCc1cccnc1-n1ccnc1)c1ccc(-c2ccccc2)[nH]1. The summed E-state index contributed by atoms with van der Waals surface area (Å²) in [6.07, 6.45) is 6.92. The first-order chi connectivity index (χ1) is 12.8. The molecule has 0 bridgehead atoms. The number of benzene rings is 1. The number of nitrogens with zero attached hydrogens (tertiary/aromatic N) is 3. The van der Waals surface area contributed by atoms with E-state index in [4.69, 9.17) is 0 Å². The minimum Gasteiger partial charge on any atom is -0.351 e. The maximum Gasteiger partial charge on any atom is 0.267 e. The molecule has 0 fully saturated rings. The van der Waals surface area contributed by atoms with Crippen LogP contribution in [0.5, 0.6) is 0 Å². The molecule has 26 heavy (non-hydrogen) atoms. The van der Waals surface area contributed by atoms with Crippen LogP contribution < -0.4 is 5.32 Å². The standard InChI is InChI=1S/C20H17N5O/c26-20(18-9-8-17(24-18)15-5-2-1-3-6-15)23-13-16-7-4-10-22-19(16)25-12-11-21-14-25/h1-12,14,24H,13H2,(H,23,26). The van der Waals surface area contributed by atoms with E-state index in [1.807, 2.05) is 59.3 Å². The molecular weight excluding hydrogens is 326 g/mol. The van der Waals surface area contributed by atoms with Gasteiger partial charge in [0, 0.05) is 36.4 Å². The van der Waals surface area contributed by atoms with Crippen LogP contribution in [0.4, 0.5) is 0 Å². The van der Waals surface area contributed by atoms with Crippen LogP contribution in [0.3, 0.4) is 0 Å². The monoisotopic (exact) mass is 343 g/mol. The Morgan fingerprint density at radius 2 is 1.92 bits per heavy atom. The molecule has 3 aromatic heterocycles. The smallest absolute Gasteiger partial charge is 0.267 e. The first-order valence-corrected chi connectivity index (χ1v) is 8.26. The van der Waals surface area contributed by atoms with Gasteiger partial charge in [-0.3, -0.25) is 9.36 Å². The Kier molecular flexibility index (Phi) is 4.30. The molecule has 3 heterocycles. The van der Waals surface area contributed by atoms with Gasteiger partial charge in [-0.2, -0.15) is 0 Å². The van der Waals surface area contributed by atoms with Gasteiger partial charge >= 0.3 is 0 Å². The molecule has 6 heteroatoms. The number of aromatic amines is 1. The fourth-order valence-corrected chi connectivity index (χ4v) is 2.77. The average Bonchev–Trinajstić information content (AvgIpc) is 3.39. The molecule has 4 rings (SSSR count). The number of amides is 1. The van der Waals surface area contributed by atoms with E-state index in [9.17, 15) is 4.79 Å². The van der Waals surface area contributed by atoms with Crippen molar-refractivity contribution >= 4 is 5.91 Å². The van der Waals surface area contributed by atoms with Crippen LogP contribution in [0.25, 0.3) is 17.1 Å². The Morgan fingerprint density at radius 1 is 1.04 bits per heavy atom. The molecule has 0 saturated carbocycles. The van der Waals surface area contributed by atoms with Crippen LogP contribution in [-0.2, 0) is 6.54 Å². The summed E-state index contributed by atoms with van der Waals surface area (Å²) in [6, 6.07) is 17.4. The highest BCUT2D eigenvalue weighted by Crippen LogP contribution is 2.18. The molecule has 4 aromatic rings. The highest BCUT2D eigenvalue weighted by atomic mass is 16.1. The summed E-state index contributed by atoms with van der Waals surface area (Å²) in [5.41, 5.74) is 3.39. The fraction of sp³-hybridized carbons (Fsp3) is 0.0500. The summed E-state index contributed by atoms with van der Waals surface area (Å²) in [7, 11) is 0. The van der Waals surface area contributed by atoms with E-state index >= 15 is 0 Å². The second-order valence-electron chi connectivity index (χ2n) is 5.79. The predicted molar refractivity (Wildman–Crippen MR) is 98.8 cm³/mol. The minimum atomic E-state index is -0.160. The lowest BCUT2D eigenvalue weighted by molar-refractivity contribution is 0.0946. The van der Waals surface area contributed by atoms with Crippen molar-refractivity contribution in [3.8, 4) is 17.1 Å². The average molecular weight is 343 g/mol. The van der Waals surface area contributed by atoms with Gasteiger partial charge in [0.05, 0.1) is 0 Å². The van der Waals surface area contributed by atoms with Crippen molar-refractivity contribution in [1.82, 2.24) is 24.8 Å². The van der Waals surface area contributed by atoms with Crippen LogP contribution in [0.15, 0.2) is 79.5 Å². The summed E-state index contributed by atoms with van der Waals surface area (Å²) in [5.74, 6) is 0.592. The van der Waals surface area contributed by atoms with Gasteiger partial charge in [0.25, 0.3) is 5.91 Å². The molecule has 0 aliphatic heterocycles. The third-order valence-corrected chi connectivity index (χ3v) is 4.07. The van der Waals surface area contributed by atoms with Crippen molar-refractivity contribution in [3.63, 3.8) is 0 Å². The van der Waals surface area contributed by atoms with Gasteiger partial charge < -0.3 is 10.3 Å². The number of H-pyrrole nitrogens is 1. The number of nitrogens with one attached hydrogen (secondary N) is 2. The molecule has 0 saturated heterocycles. The topological polar surface area (TPSA) is 75.6 Å². The second-order valence-corrected chi connectivity index (χ2v) is 5.79. The largest absolute Gasteiger partial charge is 0.351 e. The van der Waals surface area contributed by atoms with Crippen LogP contribution in [0, 0.1) is 0 Å². The number of aromatic nitrogens is 4. The minimum absolute atomic E-state index is 0.160. The second kappa shape index (κ2) is 7.06. The Balaban J connectivity index is 1.48. The molecule has 0 aliphatic carbocycles. The Bertz CT molecular complexity index is 1010. The van der Waals surface area contributed by atoms with E-state index in [2.05, 4.69) is 20.3 Å². The van der Waals surface area contributed by atoms with Crippen molar-refractivity contribution in [2.24, 2.45) is 0 Å². The van der Waals surface area contributed by atoms with Crippen molar-refractivity contribution in [1.29, 1.82) is 0 Å². The number of hydrogen-bond donors (Lipinski definition) is 2. The number of carbonyl (C=O) groups excluding carboxylic acids is 1. The highest BCUT2D eigenvalue weighted by Gasteiger charge is 2.11. The fourth-order valence-electron chi connectivity index (χ4n) is 2.77. The zero-order valence-electron chi connectivity index (χ0n) is 14.0. The van der Waals surface area contributed by atoms with Gasteiger partial charge in [0.15, 0.2) is 0 Å². The van der Waals surface area contributed by atoms with Crippen molar-refractivity contribution in [2.45, 2.75) is 6.54 Å². The molecule has 0 spiro atoms. The maximum absolute atomic E-state index is 12.5. The predicted octanol–water partition coefficient (Wildman–Crippen LogP) is 3.19. The maximum atomic E-state index is 12.5. The van der Waals surface area contributed by atoms with E-state index in [1.165, 1.54) is 0 Å². The highest BCUT2D eigenvalue weighted by molar-refractivity contribution is 5.93. The van der Waals surface area contributed by atoms with Crippen LogP contribution in [0.2, 0.25) is 0 Å². The van der Waals surface area contributed by atoms with Crippen LogP contribution in [0.1, 0.15) is 16.1 Å². The first kappa shape index (κ1) is 15.8. The lowest BCUT2D eigenvalue weighted by atomic mass is 10.2. The molecule has 128 valence electrons. The van der Waals surface area contributed by atoms with Crippen molar-refractivity contribution in [3.05, 3.63) is 90.8 Å². The molecule has 1 amide bonds. The third kappa shape index (κ3) is 3.25. The van der Waals surface area contributed by atoms with Gasteiger partial charge in [0.1, 0.15) is 17.8 Å². The summed E-state index contributed by atoms with van der Waals surface area (Å²) >= 11 is 0. The van der Waals surface area contributed by atoms with E-state index in [-0.39, 0.29) is 5.91 Å². The van der Waals surface area contributed by atoms with Crippen LogP contribution >= 0.6 is 0 Å². The van der Waals surface area contributed by atoms with Crippen molar-refractivity contribution < 1.29 is 4.79 Å². The van der Waals surface area contributed by atoms with Gasteiger partial charge in [-0.05, 0) is 23.8 Å². The van der Waals surface area contributed by atoms with Gasteiger partial charge in [-0.25, -0.2) is 9.97 Å². The number of imidazole rings is 1. The molecule has 0 atom stereocenters. The quantitative estimate of drug-likeness (QED) is 0.584. The molecule has 0 radical (unpaired) electrons. The zero-order chi connectivity index (χ0) is 17.8. The molecule has 0 aliphatic rings. The molecule has 0 unspecified atom stereocenters. The van der Waals surface area contributed by atoms with Gasteiger partial charge in [0.2, 0.25) is 0 Å². The van der Waals surface area contributed by atoms with E-state index in [0.717, 1.165) is 22.6 Å². The molecule has 1 aromatic carbocycles. The summed E-state index contributed by atoms with van der Waals surface area (Å²) in [5, 5.41) is 2.94. The number of carbonyl (C=O) groups is 1.